The van der Waals surface area contributed by atoms with Gasteiger partial charge in [-0.15, -0.1) is 6.58 Å². The average molecular weight is 614 g/mol. The van der Waals surface area contributed by atoms with Gasteiger partial charge in [0.2, 0.25) is 11.8 Å². The van der Waals surface area contributed by atoms with E-state index >= 15 is 0 Å². The molecule has 1 aliphatic heterocycles. The molecule has 0 saturated carbocycles. The van der Waals surface area contributed by atoms with Crippen LogP contribution in [0, 0.1) is 0 Å². The van der Waals surface area contributed by atoms with Crippen LogP contribution in [-0.4, -0.2) is 54.6 Å². The van der Waals surface area contributed by atoms with Gasteiger partial charge in [-0.1, -0.05) is 73.2 Å². The molecule has 3 aromatic carbocycles. The van der Waals surface area contributed by atoms with Crippen LogP contribution in [-0.2, 0) is 32.2 Å². The van der Waals surface area contributed by atoms with Crippen LogP contribution in [0.1, 0.15) is 73.7 Å². The monoisotopic (exact) mass is 613 g/mol. The van der Waals surface area contributed by atoms with E-state index in [2.05, 4.69) is 53.4 Å². The minimum absolute atomic E-state index is 0.00893. The van der Waals surface area contributed by atoms with E-state index in [-0.39, 0.29) is 30.6 Å². The third-order valence-corrected chi connectivity index (χ3v) is 7.93. The predicted octanol–water partition coefficient (Wildman–Crippen LogP) is 5.82. The molecule has 2 amide bonds. The number of likely N-dealkylation sites (N-methyl/N-ethyl adjacent to an activating group) is 1. The third kappa shape index (κ3) is 10.9. The van der Waals surface area contributed by atoms with Crippen LogP contribution >= 0.6 is 0 Å². The Morgan fingerprint density at radius 3 is 2.42 bits per heavy atom. The zero-order valence-corrected chi connectivity index (χ0v) is 26.5. The molecule has 0 radical (unpaired) electrons. The summed E-state index contributed by atoms with van der Waals surface area (Å²) in [5.74, 6) is 0.00602. The molecule has 1 fully saturated rings. The number of carbonyl (C=O) groups is 2. The lowest BCUT2D eigenvalue weighted by atomic mass is 9.98. The number of benzene rings is 3. The molecule has 1 heterocycles. The van der Waals surface area contributed by atoms with E-state index in [1.807, 2.05) is 54.6 Å². The lowest BCUT2D eigenvalue weighted by molar-refractivity contribution is -0.252. The molecule has 0 aromatic heterocycles. The first-order valence-electron chi connectivity index (χ1n) is 15.8. The number of amides is 2. The summed E-state index contributed by atoms with van der Waals surface area (Å²) in [5, 5.41) is 15.3. The molecule has 8 heteroatoms. The summed E-state index contributed by atoms with van der Waals surface area (Å²) in [5.41, 5.74) is 6.00. The van der Waals surface area contributed by atoms with Gasteiger partial charge in [0.25, 0.3) is 0 Å². The Balaban J connectivity index is 1.41. The second kappa shape index (κ2) is 17.6. The van der Waals surface area contributed by atoms with Crippen molar-refractivity contribution in [3.8, 4) is 11.1 Å². The summed E-state index contributed by atoms with van der Waals surface area (Å²) in [4.78, 5) is 25.5. The molecular formula is C37H47N3O5. The molecule has 0 aliphatic carbocycles. The Bertz CT molecular complexity index is 1390. The normalized spacial score (nSPS) is 18.0. The number of aliphatic hydroxyl groups excluding tert-OH is 1. The molecule has 4 rings (SSSR count). The van der Waals surface area contributed by atoms with Crippen molar-refractivity contribution in [1.29, 1.82) is 0 Å². The van der Waals surface area contributed by atoms with Crippen LogP contribution in [0.25, 0.3) is 11.1 Å². The number of carbonyl (C=O) groups excluding carboxylic acids is 2. The van der Waals surface area contributed by atoms with E-state index in [0.29, 0.717) is 19.5 Å². The van der Waals surface area contributed by atoms with Gasteiger partial charge in [0.1, 0.15) is 0 Å². The van der Waals surface area contributed by atoms with Crippen molar-refractivity contribution in [1.82, 2.24) is 15.5 Å². The highest BCUT2D eigenvalue weighted by Gasteiger charge is 2.32. The van der Waals surface area contributed by atoms with E-state index in [9.17, 15) is 14.7 Å². The Kier molecular flexibility index (Phi) is 13.3. The second-order valence-electron chi connectivity index (χ2n) is 11.8. The van der Waals surface area contributed by atoms with E-state index in [1.54, 1.807) is 0 Å². The summed E-state index contributed by atoms with van der Waals surface area (Å²) >= 11 is 0. The zero-order chi connectivity index (χ0) is 32.0. The highest BCUT2D eigenvalue weighted by molar-refractivity contribution is 5.76. The number of nitrogens with zero attached hydrogens (tertiary/aromatic N) is 1. The molecule has 0 unspecified atom stereocenters. The maximum atomic E-state index is 12.4. The molecule has 8 nitrogen and oxygen atoms in total. The maximum Gasteiger partial charge on any atom is 0.220 e. The van der Waals surface area contributed by atoms with Gasteiger partial charge in [-0.3, -0.25) is 9.59 Å². The summed E-state index contributed by atoms with van der Waals surface area (Å²) in [6, 6.07) is 24.4. The van der Waals surface area contributed by atoms with Crippen molar-refractivity contribution in [3.63, 3.8) is 0 Å². The van der Waals surface area contributed by atoms with Gasteiger partial charge in [-0.25, -0.2) is 0 Å². The molecule has 45 heavy (non-hydrogen) atoms. The van der Waals surface area contributed by atoms with E-state index in [0.717, 1.165) is 72.2 Å². The van der Waals surface area contributed by atoms with Crippen molar-refractivity contribution >= 4 is 11.8 Å². The van der Waals surface area contributed by atoms with Crippen LogP contribution in [0.5, 0.6) is 0 Å². The van der Waals surface area contributed by atoms with E-state index < -0.39 is 6.29 Å². The molecular weight excluding hydrogens is 566 g/mol. The number of hydrogen-bond acceptors (Lipinski definition) is 6. The first kappa shape index (κ1) is 34.1. The highest BCUT2D eigenvalue weighted by atomic mass is 16.7. The van der Waals surface area contributed by atoms with Gasteiger partial charge >= 0.3 is 0 Å². The van der Waals surface area contributed by atoms with Gasteiger partial charge in [-0.2, -0.15) is 0 Å². The first-order chi connectivity index (χ1) is 21.8. The number of rotatable bonds is 16. The van der Waals surface area contributed by atoms with Crippen molar-refractivity contribution < 1.29 is 24.2 Å². The SMILES string of the molecule is C=CCN(C)C[C@H]1C[C@@H](c2ccc(CO)cc2)O[C@@H](c2cccc(-c3cccc(CNC(=O)CCCCCNC(C)=O)c3)c2)O1. The maximum absolute atomic E-state index is 12.4. The van der Waals surface area contributed by atoms with Crippen molar-refractivity contribution in [2.24, 2.45) is 0 Å². The van der Waals surface area contributed by atoms with Crippen molar-refractivity contribution in [3.05, 3.63) is 108 Å². The fraction of sp³-hybridized carbons (Fsp3) is 0.405. The molecule has 0 spiro atoms. The average Bonchev–Trinajstić information content (AvgIpc) is 3.05. The minimum atomic E-state index is -0.538. The molecule has 1 aliphatic rings. The van der Waals surface area contributed by atoms with Crippen LogP contribution in [0.4, 0.5) is 0 Å². The first-order valence-corrected chi connectivity index (χ1v) is 15.8. The van der Waals surface area contributed by atoms with Gasteiger partial charge in [0.05, 0.1) is 18.8 Å². The predicted molar refractivity (Wildman–Crippen MR) is 177 cm³/mol. The number of nitrogens with one attached hydrogen (secondary N) is 2. The van der Waals surface area contributed by atoms with Gasteiger partial charge in [-0.05, 0) is 59.8 Å². The van der Waals surface area contributed by atoms with Gasteiger partial charge < -0.3 is 30.1 Å². The highest BCUT2D eigenvalue weighted by Crippen LogP contribution is 2.39. The van der Waals surface area contributed by atoms with Crippen LogP contribution in [0.2, 0.25) is 0 Å². The summed E-state index contributed by atoms with van der Waals surface area (Å²) < 4.78 is 13.1. The standard InChI is InChI=1S/C37H47N3O5/c1-4-20-40(3)25-34-23-35(30-17-15-28(26-41)16-18-30)45-37(44-34)33-13-9-12-32(22-33)31-11-8-10-29(21-31)24-39-36(43)14-6-5-7-19-38-27(2)42/h4,8-13,15-18,21-22,34-35,37,41H,1,5-7,14,19-20,23-26H2,2-3H3,(H,38,42)(H,39,43)/t34-,35+,37+/m1/s1. The minimum Gasteiger partial charge on any atom is -0.392 e. The summed E-state index contributed by atoms with van der Waals surface area (Å²) in [7, 11) is 2.06. The topological polar surface area (TPSA) is 100 Å². The smallest absolute Gasteiger partial charge is 0.220 e. The van der Waals surface area contributed by atoms with E-state index in [4.69, 9.17) is 9.47 Å². The van der Waals surface area contributed by atoms with Gasteiger partial charge in [0, 0.05) is 51.5 Å². The summed E-state index contributed by atoms with van der Waals surface area (Å²) in [6.45, 7) is 8.02. The van der Waals surface area contributed by atoms with Crippen LogP contribution < -0.4 is 10.6 Å². The Morgan fingerprint density at radius 1 is 0.933 bits per heavy atom. The fourth-order valence-electron chi connectivity index (χ4n) is 5.54. The number of ether oxygens (including phenoxy) is 2. The number of aliphatic hydroxyl groups is 1. The lowest BCUT2D eigenvalue weighted by Gasteiger charge is -2.37. The molecule has 3 aromatic rings. The molecule has 1 saturated heterocycles. The molecule has 3 atom stereocenters. The Labute approximate surface area is 267 Å². The fourth-order valence-corrected chi connectivity index (χ4v) is 5.54. The van der Waals surface area contributed by atoms with Crippen LogP contribution in [0.3, 0.4) is 0 Å². The number of unbranched alkanes of at least 4 members (excludes halogenated alkanes) is 2. The molecule has 0 bridgehead atoms. The van der Waals surface area contributed by atoms with Crippen LogP contribution in [0.15, 0.2) is 85.5 Å². The second-order valence-corrected chi connectivity index (χ2v) is 11.8. The molecule has 240 valence electrons. The lowest BCUT2D eigenvalue weighted by Crippen LogP contribution is -2.37. The van der Waals surface area contributed by atoms with Crippen molar-refractivity contribution in [2.45, 2.75) is 70.7 Å². The largest absolute Gasteiger partial charge is 0.392 e. The van der Waals surface area contributed by atoms with Gasteiger partial charge in [0.15, 0.2) is 6.29 Å². The quantitative estimate of drug-likeness (QED) is 0.139. The van der Waals surface area contributed by atoms with E-state index in [1.165, 1.54) is 6.92 Å². The number of hydrogen-bond donors (Lipinski definition) is 3. The Morgan fingerprint density at radius 2 is 1.69 bits per heavy atom. The molecule has 3 N–H and O–H groups in total. The zero-order valence-electron chi connectivity index (χ0n) is 26.5. The summed E-state index contributed by atoms with van der Waals surface area (Å²) in [6.07, 6.45) is 4.93. The van der Waals surface area contributed by atoms with Crippen molar-refractivity contribution in [2.75, 3.05) is 26.7 Å². The Hall–Kier alpha value is -3.82. The third-order valence-electron chi connectivity index (χ3n) is 7.93.